The first-order valence-electron chi connectivity index (χ1n) is 9.13. The van der Waals surface area contributed by atoms with E-state index in [0.29, 0.717) is 12.0 Å². The van der Waals surface area contributed by atoms with Gasteiger partial charge < -0.3 is 0 Å². The summed E-state index contributed by atoms with van der Waals surface area (Å²) < 4.78 is 0. The van der Waals surface area contributed by atoms with Crippen LogP contribution >= 0.6 is 11.3 Å². The fourth-order valence-corrected chi connectivity index (χ4v) is 4.76. The van der Waals surface area contributed by atoms with E-state index in [1.165, 1.54) is 32.1 Å². The topological polar surface area (TPSA) is 36.4 Å². The molecular formula is C18H29N3OS. The SMILES string of the molecule is C[C@H]1CCCN([C@H](C)C(=O)N(c2nccs2)C2CCCCC2)C1. The Labute approximate surface area is 143 Å². The lowest BCUT2D eigenvalue weighted by Gasteiger charge is -2.39. The Morgan fingerprint density at radius 3 is 2.74 bits per heavy atom. The zero-order chi connectivity index (χ0) is 16.2. The third-order valence-electron chi connectivity index (χ3n) is 5.40. The predicted molar refractivity (Wildman–Crippen MR) is 95.9 cm³/mol. The second-order valence-corrected chi connectivity index (χ2v) is 8.11. The van der Waals surface area contributed by atoms with E-state index in [2.05, 4.69) is 23.7 Å². The molecule has 3 rings (SSSR count). The van der Waals surface area contributed by atoms with Crippen molar-refractivity contribution in [3.8, 4) is 0 Å². The summed E-state index contributed by atoms with van der Waals surface area (Å²) in [5.41, 5.74) is 0. The molecule has 5 heteroatoms. The van der Waals surface area contributed by atoms with Crippen LogP contribution in [0.1, 0.15) is 58.8 Å². The van der Waals surface area contributed by atoms with E-state index in [-0.39, 0.29) is 11.9 Å². The molecule has 1 saturated carbocycles. The molecular weight excluding hydrogens is 306 g/mol. The Bertz CT molecular complexity index is 498. The maximum absolute atomic E-state index is 13.3. The van der Waals surface area contributed by atoms with Crippen LogP contribution < -0.4 is 4.90 Å². The highest BCUT2D eigenvalue weighted by Gasteiger charge is 2.34. The van der Waals surface area contributed by atoms with E-state index in [4.69, 9.17) is 0 Å². The fourth-order valence-electron chi connectivity index (χ4n) is 4.04. The van der Waals surface area contributed by atoms with Crippen LogP contribution in [0.3, 0.4) is 0 Å². The second kappa shape index (κ2) is 7.75. The van der Waals surface area contributed by atoms with Crippen molar-refractivity contribution in [3.63, 3.8) is 0 Å². The van der Waals surface area contributed by atoms with E-state index in [1.807, 2.05) is 16.5 Å². The molecule has 0 unspecified atom stereocenters. The van der Waals surface area contributed by atoms with Gasteiger partial charge in [-0.1, -0.05) is 26.2 Å². The summed E-state index contributed by atoms with van der Waals surface area (Å²) in [4.78, 5) is 22.2. The lowest BCUT2D eigenvalue weighted by Crippen LogP contribution is -2.53. The average molecular weight is 336 g/mol. The molecule has 1 saturated heterocycles. The van der Waals surface area contributed by atoms with Crippen molar-refractivity contribution < 1.29 is 4.79 Å². The van der Waals surface area contributed by atoms with Gasteiger partial charge in [0.25, 0.3) is 0 Å². The molecule has 1 aliphatic heterocycles. The minimum Gasteiger partial charge on any atom is -0.292 e. The minimum atomic E-state index is -0.0384. The Morgan fingerprint density at radius 1 is 1.30 bits per heavy atom. The summed E-state index contributed by atoms with van der Waals surface area (Å²) in [7, 11) is 0. The standard InChI is InChI=1S/C18H29N3OS/c1-14-7-6-11-20(13-14)15(2)17(22)21(18-19-10-12-23-18)16-8-4-3-5-9-16/h10,12,14-16H,3-9,11,13H2,1-2H3/t14-,15+/m0/s1. The number of hydrogen-bond donors (Lipinski definition) is 0. The van der Waals surface area contributed by atoms with Crippen LogP contribution in [0.15, 0.2) is 11.6 Å². The molecule has 2 fully saturated rings. The number of likely N-dealkylation sites (tertiary alicyclic amines) is 1. The number of carbonyl (C=O) groups excluding carboxylic acids is 1. The fraction of sp³-hybridized carbons (Fsp3) is 0.778. The van der Waals surface area contributed by atoms with Crippen LogP contribution in [0.25, 0.3) is 0 Å². The summed E-state index contributed by atoms with van der Waals surface area (Å²) in [6, 6.07) is 0.302. The molecule has 0 radical (unpaired) electrons. The van der Waals surface area contributed by atoms with E-state index in [0.717, 1.165) is 31.1 Å². The Kier molecular flexibility index (Phi) is 5.70. The zero-order valence-corrected chi connectivity index (χ0v) is 15.2. The summed E-state index contributed by atoms with van der Waals surface area (Å²) in [6.07, 6.45) is 10.3. The highest BCUT2D eigenvalue weighted by atomic mass is 32.1. The summed E-state index contributed by atoms with van der Waals surface area (Å²) in [6.45, 7) is 6.48. The molecule has 2 aliphatic rings. The van der Waals surface area contributed by atoms with Crippen LogP contribution in [0.2, 0.25) is 0 Å². The monoisotopic (exact) mass is 335 g/mol. The molecule has 1 aliphatic carbocycles. The third kappa shape index (κ3) is 3.94. The summed E-state index contributed by atoms with van der Waals surface area (Å²) >= 11 is 1.59. The zero-order valence-electron chi connectivity index (χ0n) is 14.4. The van der Waals surface area contributed by atoms with Crippen molar-refractivity contribution in [2.45, 2.75) is 70.9 Å². The largest absolute Gasteiger partial charge is 0.292 e. The van der Waals surface area contributed by atoms with Gasteiger partial charge in [-0.15, -0.1) is 11.3 Å². The lowest BCUT2D eigenvalue weighted by atomic mass is 9.93. The van der Waals surface area contributed by atoms with Crippen molar-refractivity contribution in [2.75, 3.05) is 18.0 Å². The number of carbonyl (C=O) groups is 1. The van der Waals surface area contributed by atoms with Gasteiger partial charge in [-0.05, 0) is 45.1 Å². The lowest BCUT2D eigenvalue weighted by molar-refractivity contribution is -0.124. The molecule has 0 N–H and O–H groups in total. The third-order valence-corrected chi connectivity index (χ3v) is 6.17. The van der Waals surface area contributed by atoms with Gasteiger partial charge in [-0.25, -0.2) is 4.98 Å². The number of piperidine rings is 1. The minimum absolute atomic E-state index is 0.0384. The quantitative estimate of drug-likeness (QED) is 0.836. The van der Waals surface area contributed by atoms with Crippen molar-refractivity contribution in [3.05, 3.63) is 11.6 Å². The van der Waals surface area contributed by atoms with Gasteiger partial charge in [0.1, 0.15) is 0 Å². The van der Waals surface area contributed by atoms with Gasteiger partial charge in [0, 0.05) is 24.2 Å². The normalized spacial score (nSPS) is 25.2. The molecule has 0 aromatic carbocycles. The first kappa shape index (κ1) is 16.9. The van der Waals surface area contributed by atoms with Gasteiger partial charge in [-0.3, -0.25) is 14.6 Å². The van der Waals surface area contributed by atoms with Crippen molar-refractivity contribution in [2.24, 2.45) is 5.92 Å². The molecule has 23 heavy (non-hydrogen) atoms. The smallest absolute Gasteiger partial charge is 0.246 e. The van der Waals surface area contributed by atoms with Crippen LogP contribution in [-0.2, 0) is 4.79 Å². The molecule has 1 amide bonds. The number of rotatable bonds is 4. The summed E-state index contributed by atoms with van der Waals surface area (Å²) in [5.74, 6) is 0.947. The molecule has 2 heterocycles. The molecule has 4 nitrogen and oxygen atoms in total. The number of hydrogen-bond acceptors (Lipinski definition) is 4. The van der Waals surface area contributed by atoms with Crippen LogP contribution in [0.4, 0.5) is 5.13 Å². The van der Waals surface area contributed by atoms with E-state index < -0.39 is 0 Å². The first-order valence-corrected chi connectivity index (χ1v) is 10.0. The second-order valence-electron chi connectivity index (χ2n) is 7.23. The number of anilines is 1. The molecule has 0 bridgehead atoms. The van der Waals surface area contributed by atoms with Gasteiger partial charge in [0.15, 0.2) is 5.13 Å². The maximum Gasteiger partial charge on any atom is 0.246 e. The summed E-state index contributed by atoms with van der Waals surface area (Å²) in [5, 5.41) is 2.87. The van der Waals surface area contributed by atoms with E-state index in [9.17, 15) is 4.79 Å². The number of aromatic nitrogens is 1. The Morgan fingerprint density at radius 2 is 2.09 bits per heavy atom. The van der Waals surface area contributed by atoms with Gasteiger partial charge in [0.05, 0.1) is 6.04 Å². The number of nitrogens with zero attached hydrogens (tertiary/aromatic N) is 3. The highest BCUT2D eigenvalue weighted by molar-refractivity contribution is 7.13. The molecule has 2 atom stereocenters. The first-order chi connectivity index (χ1) is 11.2. The van der Waals surface area contributed by atoms with Gasteiger partial charge in [-0.2, -0.15) is 0 Å². The molecule has 0 spiro atoms. The number of amides is 1. The molecule has 1 aromatic rings. The Hall–Kier alpha value is -0.940. The molecule has 128 valence electrons. The molecule has 1 aromatic heterocycles. The van der Waals surface area contributed by atoms with Crippen molar-refractivity contribution >= 4 is 22.4 Å². The van der Waals surface area contributed by atoms with Gasteiger partial charge in [0.2, 0.25) is 5.91 Å². The van der Waals surface area contributed by atoms with Gasteiger partial charge >= 0.3 is 0 Å². The van der Waals surface area contributed by atoms with Crippen molar-refractivity contribution in [1.29, 1.82) is 0 Å². The van der Waals surface area contributed by atoms with E-state index >= 15 is 0 Å². The van der Waals surface area contributed by atoms with Crippen LogP contribution in [0, 0.1) is 5.92 Å². The average Bonchev–Trinajstić information content (AvgIpc) is 3.09. The van der Waals surface area contributed by atoms with Crippen molar-refractivity contribution in [1.82, 2.24) is 9.88 Å². The highest BCUT2D eigenvalue weighted by Crippen LogP contribution is 2.30. The number of thiazole rings is 1. The predicted octanol–water partition coefficient (Wildman–Crippen LogP) is 3.93. The van der Waals surface area contributed by atoms with E-state index in [1.54, 1.807) is 11.3 Å². The van der Waals surface area contributed by atoms with Crippen LogP contribution in [0.5, 0.6) is 0 Å². The maximum atomic E-state index is 13.3. The Balaban J connectivity index is 1.76. The van der Waals surface area contributed by atoms with Crippen LogP contribution in [-0.4, -0.2) is 41.0 Å².